The van der Waals surface area contributed by atoms with Crippen molar-refractivity contribution in [1.29, 1.82) is 0 Å². The molecule has 0 saturated carbocycles. The second kappa shape index (κ2) is 5.50. The Bertz CT molecular complexity index is 25.5. The van der Waals surface area contributed by atoms with E-state index < -0.39 is 6.23 Å². The second-order valence-electron chi connectivity index (χ2n) is 0.803. The molecule has 4 heteroatoms. The van der Waals surface area contributed by atoms with E-state index in [-0.39, 0.29) is 26.0 Å². The number of aliphatic hydroxyl groups excluding tert-OH is 1. The van der Waals surface area contributed by atoms with Crippen LogP contribution in [0.2, 0.25) is 0 Å². The Kier molecular flexibility index (Phi) is 8.91. The average Bonchev–Trinajstić information content (AvgIpc) is 1.38. The van der Waals surface area contributed by atoms with Crippen LogP contribution in [0, 0.1) is 0 Å². The van der Waals surface area contributed by atoms with Crippen molar-refractivity contribution in [3.8, 4) is 0 Å². The smallest absolute Gasteiger partial charge is 0.114 e. The van der Waals surface area contributed by atoms with Crippen molar-refractivity contribution in [2.45, 2.75) is 6.23 Å². The molecular weight excluding hydrogens is 133 g/mol. The van der Waals surface area contributed by atoms with Crippen LogP contribution in [0.1, 0.15) is 0 Å². The van der Waals surface area contributed by atoms with Crippen LogP contribution < -0.4 is 11.5 Å². The van der Waals surface area contributed by atoms with Gasteiger partial charge in [0.2, 0.25) is 0 Å². The summed E-state index contributed by atoms with van der Waals surface area (Å²) in [6.07, 6.45) is -0.838. The predicted molar refractivity (Wildman–Crippen MR) is 19.2 cm³/mol. The molecule has 0 rings (SSSR count). The summed E-state index contributed by atoms with van der Waals surface area (Å²) in [5.74, 6) is 0. The summed E-state index contributed by atoms with van der Waals surface area (Å²) >= 11 is 0. The molecular formula is C2H8N2OZn. The van der Waals surface area contributed by atoms with E-state index in [4.69, 9.17) is 16.6 Å². The van der Waals surface area contributed by atoms with Gasteiger partial charge in [-0.2, -0.15) is 0 Å². The summed E-state index contributed by atoms with van der Waals surface area (Å²) in [5, 5.41) is 8.01. The van der Waals surface area contributed by atoms with E-state index in [0.717, 1.165) is 0 Å². The zero-order valence-electron chi connectivity index (χ0n) is 3.59. The van der Waals surface area contributed by atoms with Crippen molar-refractivity contribution in [2.24, 2.45) is 11.5 Å². The fraction of sp³-hybridized carbons (Fsp3) is 1.00. The standard InChI is InChI=1S/C2H8N2O.Zn/c3-1-2(4)5;/h2,5H,1,3-4H2;. The quantitative estimate of drug-likeness (QED) is 0.299. The molecule has 0 bridgehead atoms. The summed E-state index contributed by atoms with van der Waals surface area (Å²) in [7, 11) is 0. The number of hydrogen-bond acceptors (Lipinski definition) is 3. The Labute approximate surface area is 49.5 Å². The van der Waals surface area contributed by atoms with Gasteiger partial charge in [-0.05, 0) is 0 Å². The molecule has 0 heterocycles. The van der Waals surface area contributed by atoms with Gasteiger partial charge >= 0.3 is 0 Å². The third-order valence-electron chi connectivity index (χ3n) is 0.241. The van der Waals surface area contributed by atoms with Crippen molar-refractivity contribution >= 4 is 0 Å². The normalized spacial score (nSPS) is 12.5. The fourth-order valence-electron chi connectivity index (χ4n) is 0. The van der Waals surface area contributed by atoms with Crippen LogP contribution in [0.25, 0.3) is 0 Å². The molecule has 0 aliphatic heterocycles. The molecule has 1 unspecified atom stereocenters. The van der Waals surface area contributed by atoms with Gasteiger partial charge in [0.1, 0.15) is 6.23 Å². The zero-order valence-corrected chi connectivity index (χ0v) is 6.56. The van der Waals surface area contributed by atoms with Crippen molar-refractivity contribution in [3.05, 3.63) is 0 Å². The summed E-state index contributed by atoms with van der Waals surface area (Å²) in [4.78, 5) is 0. The van der Waals surface area contributed by atoms with Gasteiger partial charge < -0.3 is 16.6 Å². The van der Waals surface area contributed by atoms with Gasteiger partial charge in [-0.25, -0.2) is 0 Å². The van der Waals surface area contributed by atoms with E-state index >= 15 is 0 Å². The van der Waals surface area contributed by atoms with Gasteiger partial charge in [-0.1, -0.05) is 0 Å². The Hall–Kier alpha value is 0.503. The largest absolute Gasteiger partial charge is 0.377 e. The topological polar surface area (TPSA) is 72.3 Å². The van der Waals surface area contributed by atoms with E-state index in [0.29, 0.717) is 0 Å². The van der Waals surface area contributed by atoms with E-state index in [1.165, 1.54) is 0 Å². The Balaban J connectivity index is 0. The van der Waals surface area contributed by atoms with Crippen molar-refractivity contribution < 1.29 is 24.6 Å². The Morgan fingerprint density at radius 1 is 1.67 bits per heavy atom. The van der Waals surface area contributed by atoms with Crippen LogP contribution in [-0.2, 0) is 19.5 Å². The molecule has 0 aromatic carbocycles. The van der Waals surface area contributed by atoms with Crippen LogP contribution in [0.3, 0.4) is 0 Å². The molecule has 0 spiro atoms. The third kappa shape index (κ3) is 8.82. The number of hydrogen-bond donors (Lipinski definition) is 3. The third-order valence-corrected chi connectivity index (χ3v) is 0.241. The first kappa shape index (κ1) is 9.71. The van der Waals surface area contributed by atoms with E-state index in [1.54, 1.807) is 0 Å². The summed E-state index contributed by atoms with van der Waals surface area (Å²) in [6, 6.07) is 0. The Morgan fingerprint density at radius 2 is 1.83 bits per heavy atom. The molecule has 0 aliphatic rings. The number of rotatable bonds is 1. The summed E-state index contributed by atoms with van der Waals surface area (Å²) in [6.45, 7) is 0.139. The predicted octanol–water partition coefficient (Wildman–Crippen LogP) is -1.78. The first-order valence-electron chi connectivity index (χ1n) is 1.41. The molecule has 0 radical (unpaired) electrons. The van der Waals surface area contributed by atoms with Crippen molar-refractivity contribution in [3.63, 3.8) is 0 Å². The van der Waals surface area contributed by atoms with Gasteiger partial charge in [-0.3, -0.25) is 0 Å². The molecule has 1 atom stereocenters. The molecule has 0 aromatic rings. The monoisotopic (exact) mass is 140 g/mol. The first-order valence-corrected chi connectivity index (χ1v) is 1.41. The van der Waals surface area contributed by atoms with E-state index in [9.17, 15) is 0 Å². The molecule has 5 N–H and O–H groups in total. The van der Waals surface area contributed by atoms with Gasteiger partial charge in [-0.15, -0.1) is 0 Å². The van der Waals surface area contributed by atoms with Crippen LogP contribution in [0.15, 0.2) is 0 Å². The fourth-order valence-corrected chi connectivity index (χ4v) is 0. The van der Waals surface area contributed by atoms with Crippen molar-refractivity contribution in [1.82, 2.24) is 0 Å². The van der Waals surface area contributed by atoms with Crippen LogP contribution >= 0.6 is 0 Å². The minimum absolute atomic E-state index is 0. The van der Waals surface area contributed by atoms with Crippen molar-refractivity contribution in [2.75, 3.05) is 6.54 Å². The maximum atomic E-state index is 8.01. The molecule has 3 nitrogen and oxygen atoms in total. The maximum absolute atomic E-state index is 8.01. The summed E-state index contributed by atoms with van der Waals surface area (Å²) in [5.41, 5.74) is 9.52. The van der Waals surface area contributed by atoms with E-state index in [2.05, 4.69) is 0 Å². The maximum Gasteiger partial charge on any atom is 0.114 e. The zero-order chi connectivity index (χ0) is 4.28. The molecule has 0 amide bonds. The van der Waals surface area contributed by atoms with Gasteiger partial charge in [0.25, 0.3) is 0 Å². The minimum atomic E-state index is -0.838. The van der Waals surface area contributed by atoms with Gasteiger partial charge in [0.05, 0.1) is 0 Å². The number of aliphatic hydroxyl groups is 1. The minimum Gasteiger partial charge on any atom is -0.377 e. The molecule has 0 fully saturated rings. The second-order valence-corrected chi connectivity index (χ2v) is 0.803. The average molecular weight is 141 g/mol. The number of nitrogens with two attached hydrogens (primary N) is 2. The Morgan fingerprint density at radius 3 is 1.83 bits per heavy atom. The van der Waals surface area contributed by atoms with Crippen LogP contribution in [-0.4, -0.2) is 17.9 Å². The SMILES string of the molecule is NCC(N)O.[Zn]. The van der Waals surface area contributed by atoms with Crippen LogP contribution in [0.4, 0.5) is 0 Å². The molecule has 0 aromatic heterocycles. The van der Waals surface area contributed by atoms with Gasteiger partial charge in [0.15, 0.2) is 0 Å². The molecule has 0 saturated heterocycles. The summed E-state index contributed by atoms with van der Waals surface area (Å²) < 4.78 is 0. The van der Waals surface area contributed by atoms with E-state index in [1.807, 2.05) is 0 Å². The molecule has 0 aliphatic carbocycles. The molecule has 34 valence electrons. The van der Waals surface area contributed by atoms with Gasteiger partial charge in [0, 0.05) is 26.0 Å². The van der Waals surface area contributed by atoms with Crippen LogP contribution in [0.5, 0.6) is 0 Å². The first-order chi connectivity index (χ1) is 2.27. The molecule has 6 heavy (non-hydrogen) atoms.